The number of methoxy groups -OCH3 is 2. The maximum atomic E-state index is 5.54. The number of fused-ring (bicyclic) bond motifs is 3. The summed E-state index contributed by atoms with van der Waals surface area (Å²) in [6.07, 6.45) is 1.69. The van der Waals surface area contributed by atoms with Gasteiger partial charge in [0, 0.05) is 27.1 Å². The van der Waals surface area contributed by atoms with E-state index in [1.807, 2.05) is 0 Å². The molecule has 0 aromatic rings. The van der Waals surface area contributed by atoms with E-state index >= 15 is 0 Å². The van der Waals surface area contributed by atoms with Gasteiger partial charge in [-0.05, 0) is 0 Å². The second kappa shape index (κ2) is 2.67. The molecule has 0 unspecified atom stereocenters. The van der Waals surface area contributed by atoms with Crippen molar-refractivity contribution in [3.8, 4) is 0 Å². The summed E-state index contributed by atoms with van der Waals surface area (Å²) in [6, 6.07) is 0. The summed E-state index contributed by atoms with van der Waals surface area (Å²) < 4.78 is 21.6. The summed E-state index contributed by atoms with van der Waals surface area (Å²) in [6.45, 7) is 0.939. The molecule has 3 heterocycles. The average molecular weight is 174 g/mol. The van der Waals surface area contributed by atoms with Gasteiger partial charge in [0.05, 0.1) is 0 Å². The van der Waals surface area contributed by atoms with Crippen LogP contribution in [0.2, 0.25) is 0 Å². The van der Waals surface area contributed by atoms with Crippen LogP contribution in [0.3, 0.4) is 0 Å². The van der Waals surface area contributed by atoms with Crippen LogP contribution in [0.1, 0.15) is 12.8 Å². The fourth-order valence-corrected chi connectivity index (χ4v) is 1.68. The number of rotatable bonds is 2. The van der Waals surface area contributed by atoms with Gasteiger partial charge < -0.3 is 18.9 Å². The van der Waals surface area contributed by atoms with E-state index < -0.39 is 11.6 Å². The molecular formula is C8H14O4. The van der Waals surface area contributed by atoms with E-state index in [4.69, 9.17) is 18.9 Å². The SMILES string of the molecule is CO[C@]12CC[C@](OC)(CO1)OC2. The molecule has 2 atom stereocenters. The quantitative estimate of drug-likeness (QED) is 0.611. The Morgan fingerprint density at radius 3 is 1.50 bits per heavy atom. The van der Waals surface area contributed by atoms with Gasteiger partial charge in [0.1, 0.15) is 13.2 Å². The molecule has 0 spiro atoms. The fraction of sp³-hybridized carbons (Fsp3) is 1.00. The van der Waals surface area contributed by atoms with Gasteiger partial charge in [0.2, 0.25) is 0 Å². The summed E-state index contributed by atoms with van der Waals surface area (Å²) in [7, 11) is 3.29. The molecule has 2 bridgehead atoms. The summed E-state index contributed by atoms with van der Waals surface area (Å²) in [5.74, 6) is -0.999. The highest BCUT2D eigenvalue weighted by molar-refractivity contribution is 4.89. The van der Waals surface area contributed by atoms with E-state index in [0.29, 0.717) is 13.2 Å². The highest BCUT2D eigenvalue weighted by Crippen LogP contribution is 2.40. The Morgan fingerprint density at radius 2 is 1.33 bits per heavy atom. The first kappa shape index (κ1) is 8.44. The van der Waals surface area contributed by atoms with Crippen molar-refractivity contribution < 1.29 is 18.9 Å². The Morgan fingerprint density at radius 1 is 0.917 bits per heavy atom. The Labute approximate surface area is 71.7 Å². The van der Waals surface area contributed by atoms with Crippen LogP contribution < -0.4 is 0 Å². The third-order valence-corrected chi connectivity index (χ3v) is 2.74. The van der Waals surface area contributed by atoms with Crippen molar-refractivity contribution in [1.29, 1.82) is 0 Å². The number of ether oxygens (including phenoxy) is 4. The lowest BCUT2D eigenvalue weighted by molar-refractivity contribution is -0.413. The zero-order valence-corrected chi connectivity index (χ0v) is 7.46. The lowest BCUT2D eigenvalue weighted by Gasteiger charge is -2.50. The van der Waals surface area contributed by atoms with E-state index in [-0.39, 0.29) is 0 Å². The van der Waals surface area contributed by atoms with Crippen molar-refractivity contribution in [2.45, 2.75) is 24.4 Å². The minimum atomic E-state index is -0.500. The van der Waals surface area contributed by atoms with Gasteiger partial charge in [-0.25, -0.2) is 0 Å². The van der Waals surface area contributed by atoms with E-state index in [2.05, 4.69) is 0 Å². The Hall–Kier alpha value is -0.160. The first-order valence-corrected chi connectivity index (χ1v) is 4.12. The molecule has 0 radical (unpaired) electrons. The maximum Gasteiger partial charge on any atom is 0.192 e. The van der Waals surface area contributed by atoms with E-state index in [1.54, 1.807) is 14.2 Å². The standard InChI is InChI=1S/C8H14O4/c1-9-7-3-4-8(10-2,6-11-7)12-5-7/h3-6H2,1-2H3/t7-,8-/m1/s1. The summed E-state index contributed by atoms with van der Waals surface area (Å²) >= 11 is 0. The third kappa shape index (κ3) is 1.07. The molecule has 4 heteroatoms. The van der Waals surface area contributed by atoms with Crippen LogP contribution in [0.15, 0.2) is 0 Å². The lowest BCUT2D eigenvalue weighted by Crippen LogP contribution is -2.61. The molecule has 0 amide bonds. The zero-order chi connectivity index (χ0) is 8.66. The van der Waals surface area contributed by atoms with Gasteiger partial charge in [-0.2, -0.15) is 0 Å². The molecule has 3 fully saturated rings. The van der Waals surface area contributed by atoms with Crippen molar-refractivity contribution in [2.75, 3.05) is 27.4 Å². The van der Waals surface area contributed by atoms with E-state index in [9.17, 15) is 0 Å². The molecule has 3 rings (SSSR count). The monoisotopic (exact) mass is 174 g/mol. The summed E-state index contributed by atoms with van der Waals surface area (Å²) in [5.41, 5.74) is 0. The van der Waals surface area contributed by atoms with Gasteiger partial charge in [-0.1, -0.05) is 0 Å². The first-order valence-electron chi connectivity index (χ1n) is 4.12. The molecule has 0 saturated carbocycles. The minimum Gasteiger partial charge on any atom is -0.351 e. The van der Waals surface area contributed by atoms with Gasteiger partial charge in [-0.3, -0.25) is 0 Å². The molecular weight excluding hydrogens is 160 g/mol. The first-order chi connectivity index (χ1) is 5.74. The molecule has 0 aliphatic carbocycles. The van der Waals surface area contributed by atoms with Crippen LogP contribution in [0, 0.1) is 0 Å². The predicted octanol–water partition coefficient (Wildman–Crippen LogP) is 0.512. The molecule has 12 heavy (non-hydrogen) atoms. The molecule has 3 saturated heterocycles. The van der Waals surface area contributed by atoms with Gasteiger partial charge in [0.15, 0.2) is 11.6 Å². The molecule has 0 aromatic heterocycles. The van der Waals surface area contributed by atoms with Gasteiger partial charge >= 0.3 is 0 Å². The lowest BCUT2D eigenvalue weighted by atomic mass is 9.97. The molecule has 0 N–H and O–H groups in total. The molecule has 3 aliphatic rings. The van der Waals surface area contributed by atoms with Crippen LogP contribution >= 0.6 is 0 Å². The van der Waals surface area contributed by atoms with Gasteiger partial charge in [0.25, 0.3) is 0 Å². The fourth-order valence-electron chi connectivity index (χ4n) is 1.68. The van der Waals surface area contributed by atoms with Crippen molar-refractivity contribution in [2.24, 2.45) is 0 Å². The Balaban J connectivity index is 2.09. The smallest absolute Gasteiger partial charge is 0.192 e. The summed E-state index contributed by atoms with van der Waals surface area (Å²) in [4.78, 5) is 0. The van der Waals surface area contributed by atoms with Crippen LogP contribution in [0.4, 0.5) is 0 Å². The minimum absolute atomic E-state index is 0.470. The van der Waals surface area contributed by atoms with Crippen LogP contribution in [-0.4, -0.2) is 39.0 Å². The Kier molecular flexibility index (Phi) is 1.88. The van der Waals surface area contributed by atoms with Crippen LogP contribution in [-0.2, 0) is 18.9 Å². The maximum absolute atomic E-state index is 5.54. The highest BCUT2D eigenvalue weighted by atomic mass is 16.8. The van der Waals surface area contributed by atoms with Gasteiger partial charge in [-0.15, -0.1) is 0 Å². The van der Waals surface area contributed by atoms with Crippen molar-refractivity contribution >= 4 is 0 Å². The topological polar surface area (TPSA) is 36.9 Å². The number of hydrogen-bond acceptors (Lipinski definition) is 4. The largest absolute Gasteiger partial charge is 0.351 e. The van der Waals surface area contributed by atoms with Crippen molar-refractivity contribution in [3.63, 3.8) is 0 Å². The van der Waals surface area contributed by atoms with Crippen LogP contribution in [0.5, 0.6) is 0 Å². The third-order valence-electron chi connectivity index (χ3n) is 2.74. The van der Waals surface area contributed by atoms with E-state index in [1.165, 1.54) is 0 Å². The predicted molar refractivity (Wildman–Crippen MR) is 40.6 cm³/mol. The molecule has 0 aromatic carbocycles. The normalized spacial score (nSPS) is 46.5. The van der Waals surface area contributed by atoms with Crippen molar-refractivity contribution in [3.05, 3.63) is 0 Å². The average Bonchev–Trinajstić information content (AvgIpc) is 2.21. The summed E-state index contributed by atoms with van der Waals surface area (Å²) in [5, 5.41) is 0. The number of hydrogen-bond donors (Lipinski definition) is 0. The Bertz CT molecular complexity index is 135. The molecule has 3 aliphatic heterocycles. The van der Waals surface area contributed by atoms with Crippen LogP contribution in [0.25, 0.3) is 0 Å². The van der Waals surface area contributed by atoms with E-state index in [0.717, 1.165) is 12.8 Å². The molecule has 4 nitrogen and oxygen atoms in total. The second-order valence-electron chi connectivity index (χ2n) is 3.31. The molecule has 70 valence electrons. The second-order valence-corrected chi connectivity index (χ2v) is 3.31. The zero-order valence-electron chi connectivity index (χ0n) is 7.46. The van der Waals surface area contributed by atoms with Crippen molar-refractivity contribution in [1.82, 2.24) is 0 Å². The highest BCUT2D eigenvalue weighted by Gasteiger charge is 2.51.